The number of ether oxygens (including phenoxy) is 1. The second kappa shape index (κ2) is 3.75. The lowest BCUT2D eigenvalue weighted by Crippen LogP contribution is -2.20. The standard InChI is InChI=1S/C10H12FNO/c11-9-3-2-8-7-12-4-1-5-13-10(8)6-9/h2-3,6,12H,1,4-5,7H2. The summed E-state index contributed by atoms with van der Waals surface area (Å²) >= 11 is 0. The van der Waals surface area contributed by atoms with Crippen LogP contribution in [0, 0.1) is 5.82 Å². The maximum atomic E-state index is 12.8. The highest BCUT2D eigenvalue weighted by molar-refractivity contribution is 5.34. The molecule has 0 bridgehead atoms. The Morgan fingerprint density at radius 3 is 3.23 bits per heavy atom. The normalized spacial score (nSPS) is 16.7. The summed E-state index contributed by atoms with van der Waals surface area (Å²) in [5.41, 5.74) is 1.03. The van der Waals surface area contributed by atoms with Gasteiger partial charge in [0.05, 0.1) is 6.61 Å². The average Bonchev–Trinajstić information content (AvgIpc) is 2.08. The molecule has 0 saturated carbocycles. The maximum Gasteiger partial charge on any atom is 0.126 e. The van der Waals surface area contributed by atoms with Gasteiger partial charge >= 0.3 is 0 Å². The second-order valence-corrected chi connectivity index (χ2v) is 3.13. The summed E-state index contributed by atoms with van der Waals surface area (Å²) in [6.45, 7) is 2.37. The molecular weight excluding hydrogens is 169 g/mol. The molecule has 1 aliphatic rings. The van der Waals surface area contributed by atoms with Crippen LogP contribution in [0.25, 0.3) is 0 Å². The fourth-order valence-corrected chi connectivity index (χ4v) is 1.41. The zero-order chi connectivity index (χ0) is 9.10. The van der Waals surface area contributed by atoms with Crippen molar-refractivity contribution in [3.8, 4) is 5.75 Å². The first-order chi connectivity index (χ1) is 6.36. The first-order valence-electron chi connectivity index (χ1n) is 4.48. The summed E-state index contributed by atoms with van der Waals surface area (Å²) in [6.07, 6.45) is 0.968. The summed E-state index contributed by atoms with van der Waals surface area (Å²) in [6, 6.07) is 4.68. The van der Waals surface area contributed by atoms with Crippen molar-refractivity contribution < 1.29 is 9.13 Å². The fourth-order valence-electron chi connectivity index (χ4n) is 1.41. The molecule has 0 aromatic heterocycles. The van der Waals surface area contributed by atoms with Gasteiger partial charge in [-0.2, -0.15) is 0 Å². The van der Waals surface area contributed by atoms with Gasteiger partial charge in [-0.15, -0.1) is 0 Å². The lowest BCUT2D eigenvalue weighted by atomic mass is 10.2. The van der Waals surface area contributed by atoms with E-state index in [-0.39, 0.29) is 5.82 Å². The van der Waals surface area contributed by atoms with Crippen LogP contribution in [-0.4, -0.2) is 13.2 Å². The molecule has 0 radical (unpaired) electrons. The summed E-state index contributed by atoms with van der Waals surface area (Å²) in [5.74, 6) is 0.437. The number of fused-ring (bicyclic) bond motifs is 1. The van der Waals surface area contributed by atoms with Crippen molar-refractivity contribution in [2.75, 3.05) is 13.2 Å². The molecule has 0 aliphatic carbocycles. The third kappa shape index (κ3) is 1.98. The number of hydrogen-bond acceptors (Lipinski definition) is 2. The summed E-state index contributed by atoms with van der Waals surface area (Å²) < 4.78 is 18.3. The van der Waals surface area contributed by atoms with Gasteiger partial charge in [-0.1, -0.05) is 6.07 Å². The number of nitrogens with one attached hydrogen (secondary N) is 1. The first-order valence-corrected chi connectivity index (χ1v) is 4.48. The second-order valence-electron chi connectivity index (χ2n) is 3.13. The van der Waals surface area contributed by atoms with Crippen molar-refractivity contribution in [2.45, 2.75) is 13.0 Å². The van der Waals surface area contributed by atoms with Crippen molar-refractivity contribution in [2.24, 2.45) is 0 Å². The largest absolute Gasteiger partial charge is 0.493 e. The lowest BCUT2D eigenvalue weighted by molar-refractivity contribution is 0.294. The topological polar surface area (TPSA) is 21.3 Å². The predicted molar refractivity (Wildman–Crippen MR) is 48.2 cm³/mol. The zero-order valence-electron chi connectivity index (χ0n) is 7.35. The highest BCUT2D eigenvalue weighted by atomic mass is 19.1. The van der Waals surface area contributed by atoms with Crippen molar-refractivity contribution in [1.82, 2.24) is 5.32 Å². The quantitative estimate of drug-likeness (QED) is 0.657. The Labute approximate surface area is 76.7 Å². The molecule has 1 N–H and O–H groups in total. The van der Waals surface area contributed by atoms with E-state index in [0.717, 1.165) is 25.1 Å². The van der Waals surface area contributed by atoms with Gasteiger partial charge in [0.15, 0.2) is 0 Å². The van der Waals surface area contributed by atoms with Gasteiger partial charge in [0.25, 0.3) is 0 Å². The van der Waals surface area contributed by atoms with E-state index in [1.807, 2.05) is 0 Å². The van der Waals surface area contributed by atoms with E-state index in [9.17, 15) is 4.39 Å². The first kappa shape index (κ1) is 8.51. The van der Waals surface area contributed by atoms with Gasteiger partial charge < -0.3 is 10.1 Å². The zero-order valence-corrected chi connectivity index (χ0v) is 7.35. The Morgan fingerprint density at radius 2 is 2.31 bits per heavy atom. The summed E-state index contributed by atoms with van der Waals surface area (Å²) in [7, 11) is 0. The number of hydrogen-bond donors (Lipinski definition) is 1. The smallest absolute Gasteiger partial charge is 0.126 e. The highest BCUT2D eigenvalue weighted by Crippen LogP contribution is 2.20. The van der Waals surface area contributed by atoms with Crippen molar-refractivity contribution in [1.29, 1.82) is 0 Å². The number of benzene rings is 1. The fraction of sp³-hybridized carbons (Fsp3) is 0.400. The highest BCUT2D eigenvalue weighted by Gasteiger charge is 2.07. The van der Waals surface area contributed by atoms with Crippen LogP contribution < -0.4 is 10.1 Å². The molecular formula is C10H12FNO. The minimum Gasteiger partial charge on any atom is -0.493 e. The van der Waals surface area contributed by atoms with Crippen LogP contribution in [0.5, 0.6) is 5.75 Å². The van der Waals surface area contributed by atoms with Crippen molar-refractivity contribution in [3.05, 3.63) is 29.6 Å². The minimum absolute atomic E-state index is 0.237. The van der Waals surface area contributed by atoms with Crippen LogP contribution >= 0.6 is 0 Å². The molecule has 70 valence electrons. The molecule has 1 heterocycles. The molecule has 0 amide bonds. The molecule has 0 spiro atoms. The molecule has 0 atom stereocenters. The van der Waals surface area contributed by atoms with Crippen molar-refractivity contribution in [3.63, 3.8) is 0 Å². The Kier molecular flexibility index (Phi) is 2.45. The summed E-state index contributed by atoms with van der Waals surface area (Å²) in [4.78, 5) is 0. The third-order valence-electron chi connectivity index (χ3n) is 2.10. The van der Waals surface area contributed by atoms with E-state index in [4.69, 9.17) is 4.74 Å². The van der Waals surface area contributed by atoms with Crippen LogP contribution in [-0.2, 0) is 6.54 Å². The van der Waals surface area contributed by atoms with E-state index >= 15 is 0 Å². The third-order valence-corrected chi connectivity index (χ3v) is 2.10. The van der Waals surface area contributed by atoms with Crippen LogP contribution in [0.4, 0.5) is 4.39 Å². The molecule has 3 heteroatoms. The SMILES string of the molecule is Fc1ccc2c(c1)OCCCNC2. The number of rotatable bonds is 0. The Bertz CT molecular complexity index is 301. The van der Waals surface area contributed by atoms with Gasteiger partial charge in [-0.25, -0.2) is 4.39 Å². The minimum atomic E-state index is -0.237. The van der Waals surface area contributed by atoms with E-state index in [2.05, 4.69) is 5.32 Å². The molecule has 13 heavy (non-hydrogen) atoms. The van der Waals surface area contributed by atoms with E-state index < -0.39 is 0 Å². The molecule has 0 fully saturated rings. The van der Waals surface area contributed by atoms with Gasteiger partial charge in [0.1, 0.15) is 11.6 Å². The van der Waals surface area contributed by atoms with Crippen LogP contribution in [0.3, 0.4) is 0 Å². The van der Waals surface area contributed by atoms with Gasteiger partial charge in [0, 0.05) is 18.2 Å². The van der Waals surface area contributed by atoms with Crippen LogP contribution in [0.1, 0.15) is 12.0 Å². The van der Waals surface area contributed by atoms with E-state index in [1.54, 1.807) is 6.07 Å². The van der Waals surface area contributed by atoms with E-state index in [0.29, 0.717) is 12.4 Å². The van der Waals surface area contributed by atoms with Gasteiger partial charge in [0.2, 0.25) is 0 Å². The Morgan fingerprint density at radius 1 is 1.38 bits per heavy atom. The molecule has 2 nitrogen and oxygen atoms in total. The summed E-state index contributed by atoms with van der Waals surface area (Å²) in [5, 5.41) is 3.26. The monoisotopic (exact) mass is 181 g/mol. The average molecular weight is 181 g/mol. The van der Waals surface area contributed by atoms with Gasteiger partial charge in [-0.05, 0) is 19.0 Å². The lowest BCUT2D eigenvalue weighted by Gasteiger charge is -2.15. The number of halogens is 1. The molecule has 1 aliphatic heterocycles. The molecule has 1 aromatic rings. The molecule has 1 aromatic carbocycles. The predicted octanol–water partition coefficient (Wildman–Crippen LogP) is 1.70. The van der Waals surface area contributed by atoms with Crippen LogP contribution in [0.2, 0.25) is 0 Å². The molecule has 2 rings (SSSR count). The molecule has 0 unspecified atom stereocenters. The van der Waals surface area contributed by atoms with Gasteiger partial charge in [-0.3, -0.25) is 0 Å². The van der Waals surface area contributed by atoms with Crippen LogP contribution in [0.15, 0.2) is 18.2 Å². The molecule has 0 saturated heterocycles. The van der Waals surface area contributed by atoms with Crippen molar-refractivity contribution >= 4 is 0 Å². The maximum absolute atomic E-state index is 12.8. The Balaban J connectivity index is 2.28. The van der Waals surface area contributed by atoms with E-state index in [1.165, 1.54) is 12.1 Å². The Hall–Kier alpha value is -1.09.